The van der Waals surface area contributed by atoms with E-state index in [0.717, 1.165) is 60.4 Å². The van der Waals surface area contributed by atoms with Crippen LogP contribution in [-0.4, -0.2) is 73.6 Å². The van der Waals surface area contributed by atoms with Crippen molar-refractivity contribution in [2.75, 3.05) is 46.4 Å². The Morgan fingerprint density at radius 3 is 2.31 bits per heavy atom. The Hall–Kier alpha value is -3.43. The zero-order chi connectivity index (χ0) is 27.0. The van der Waals surface area contributed by atoms with Crippen LogP contribution in [0.25, 0.3) is 33.1 Å². The van der Waals surface area contributed by atoms with E-state index in [1.165, 1.54) is 3.97 Å². The minimum atomic E-state index is -3.90. The number of ether oxygens (including phenoxy) is 1. The standard InChI is InChI=1S/C30H29ClN4O3S/c1-33-15-17-34(18-16-33)19-20-38-24-10-7-22(8-11-24)23-9-13-28-27(21-23)26-12-14-29(31)32-30(26)35(28)39(36,37)25-5-3-2-4-6-25/h2-14,21H,15-20H2,1H3. The summed E-state index contributed by atoms with van der Waals surface area (Å²) in [5.41, 5.74) is 2.84. The van der Waals surface area contributed by atoms with Crippen molar-refractivity contribution in [1.29, 1.82) is 0 Å². The van der Waals surface area contributed by atoms with Gasteiger partial charge in [-0.05, 0) is 66.7 Å². The first-order chi connectivity index (χ1) is 18.9. The monoisotopic (exact) mass is 560 g/mol. The number of pyridine rings is 1. The fourth-order valence-electron chi connectivity index (χ4n) is 5.06. The molecular weight excluding hydrogens is 532 g/mol. The summed E-state index contributed by atoms with van der Waals surface area (Å²) < 4.78 is 34.7. The van der Waals surface area contributed by atoms with Gasteiger partial charge in [0, 0.05) is 43.5 Å². The van der Waals surface area contributed by atoms with Crippen LogP contribution in [0.2, 0.25) is 5.15 Å². The second-order valence-corrected chi connectivity index (χ2v) is 12.0. The molecule has 3 heterocycles. The summed E-state index contributed by atoms with van der Waals surface area (Å²) >= 11 is 6.21. The largest absolute Gasteiger partial charge is 0.492 e. The lowest BCUT2D eigenvalue weighted by Gasteiger charge is -2.32. The highest BCUT2D eigenvalue weighted by atomic mass is 35.5. The third kappa shape index (κ3) is 5.13. The van der Waals surface area contributed by atoms with Crippen LogP contribution in [0.1, 0.15) is 0 Å². The number of piperazine rings is 1. The van der Waals surface area contributed by atoms with Crippen molar-refractivity contribution in [2.24, 2.45) is 0 Å². The third-order valence-electron chi connectivity index (χ3n) is 7.28. The van der Waals surface area contributed by atoms with Gasteiger partial charge in [0.1, 0.15) is 17.5 Å². The minimum absolute atomic E-state index is 0.192. The van der Waals surface area contributed by atoms with E-state index in [9.17, 15) is 8.42 Å². The Morgan fingerprint density at radius 1 is 0.846 bits per heavy atom. The fourth-order valence-corrected chi connectivity index (χ4v) is 6.70. The van der Waals surface area contributed by atoms with Crippen LogP contribution in [0.5, 0.6) is 5.75 Å². The smallest absolute Gasteiger partial charge is 0.269 e. The average Bonchev–Trinajstić information content (AvgIpc) is 3.28. The van der Waals surface area contributed by atoms with E-state index in [-0.39, 0.29) is 10.0 Å². The summed E-state index contributed by atoms with van der Waals surface area (Å²) in [6.07, 6.45) is 0. The Morgan fingerprint density at radius 2 is 1.56 bits per heavy atom. The summed E-state index contributed by atoms with van der Waals surface area (Å²) in [5.74, 6) is 0.832. The van der Waals surface area contributed by atoms with Crippen LogP contribution in [0.4, 0.5) is 0 Å². The molecule has 1 saturated heterocycles. The number of aromatic nitrogens is 2. The predicted molar refractivity (Wildman–Crippen MR) is 156 cm³/mol. The van der Waals surface area contributed by atoms with Gasteiger partial charge in [0.25, 0.3) is 10.0 Å². The maximum absolute atomic E-state index is 13.7. The van der Waals surface area contributed by atoms with Crippen molar-refractivity contribution in [2.45, 2.75) is 4.90 Å². The lowest BCUT2D eigenvalue weighted by atomic mass is 10.0. The van der Waals surface area contributed by atoms with Crippen molar-refractivity contribution < 1.29 is 13.2 Å². The van der Waals surface area contributed by atoms with Crippen molar-refractivity contribution in [1.82, 2.24) is 18.8 Å². The summed E-state index contributed by atoms with van der Waals surface area (Å²) in [7, 11) is -1.74. The number of benzene rings is 3. The highest BCUT2D eigenvalue weighted by Crippen LogP contribution is 2.35. The number of nitrogens with zero attached hydrogens (tertiary/aromatic N) is 4. The van der Waals surface area contributed by atoms with Gasteiger partial charge in [-0.2, -0.15) is 0 Å². The molecule has 0 radical (unpaired) electrons. The Labute approximate surface area is 233 Å². The van der Waals surface area contributed by atoms with Gasteiger partial charge < -0.3 is 9.64 Å². The van der Waals surface area contributed by atoms with Crippen LogP contribution in [0, 0.1) is 0 Å². The minimum Gasteiger partial charge on any atom is -0.492 e. The molecule has 0 atom stereocenters. The van der Waals surface area contributed by atoms with E-state index >= 15 is 0 Å². The summed E-state index contributed by atoms with van der Waals surface area (Å²) in [5, 5.41) is 1.75. The molecular formula is C30H29ClN4O3S. The van der Waals surface area contributed by atoms with Crippen molar-refractivity contribution >= 4 is 43.6 Å². The number of halogens is 1. The molecule has 1 fully saturated rings. The number of rotatable bonds is 7. The van der Waals surface area contributed by atoms with Crippen molar-refractivity contribution in [3.05, 3.63) is 90.1 Å². The maximum Gasteiger partial charge on any atom is 0.269 e. The number of hydrogen-bond acceptors (Lipinski definition) is 6. The van der Waals surface area contributed by atoms with Gasteiger partial charge in [0.05, 0.1) is 10.4 Å². The second kappa shape index (κ2) is 10.6. The molecule has 0 spiro atoms. The highest BCUT2D eigenvalue weighted by molar-refractivity contribution is 7.90. The van der Waals surface area contributed by atoms with E-state index in [4.69, 9.17) is 16.3 Å². The van der Waals surface area contributed by atoms with Gasteiger partial charge in [0.2, 0.25) is 0 Å². The molecule has 0 aliphatic carbocycles. The average molecular weight is 561 g/mol. The summed E-state index contributed by atoms with van der Waals surface area (Å²) in [4.78, 5) is 9.38. The topological polar surface area (TPSA) is 67.7 Å². The van der Waals surface area contributed by atoms with Crippen molar-refractivity contribution in [3.63, 3.8) is 0 Å². The number of hydrogen-bond donors (Lipinski definition) is 0. The van der Waals surface area contributed by atoms with Gasteiger partial charge >= 0.3 is 0 Å². The molecule has 39 heavy (non-hydrogen) atoms. The van der Waals surface area contributed by atoms with Gasteiger partial charge in [-0.3, -0.25) is 4.90 Å². The molecule has 5 aromatic rings. The summed E-state index contributed by atoms with van der Waals surface area (Å²) in [6, 6.07) is 25.7. The first kappa shape index (κ1) is 25.8. The molecule has 200 valence electrons. The maximum atomic E-state index is 13.7. The van der Waals surface area contributed by atoms with Gasteiger partial charge in [0.15, 0.2) is 5.65 Å². The van der Waals surface area contributed by atoms with Gasteiger partial charge in [-0.1, -0.05) is 48.0 Å². The van der Waals surface area contributed by atoms with Crippen LogP contribution in [-0.2, 0) is 10.0 Å². The fraction of sp³-hybridized carbons (Fsp3) is 0.233. The normalized spacial score (nSPS) is 15.2. The molecule has 0 N–H and O–H groups in total. The molecule has 0 bridgehead atoms. The molecule has 9 heteroatoms. The number of likely N-dealkylation sites (N-methyl/N-ethyl adjacent to an activating group) is 1. The first-order valence-electron chi connectivity index (χ1n) is 13.0. The van der Waals surface area contributed by atoms with Crippen LogP contribution in [0.3, 0.4) is 0 Å². The van der Waals surface area contributed by atoms with E-state index < -0.39 is 10.0 Å². The Bertz CT molecular complexity index is 1730. The summed E-state index contributed by atoms with van der Waals surface area (Å²) in [6.45, 7) is 5.91. The van der Waals surface area contributed by atoms with E-state index in [0.29, 0.717) is 17.8 Å². The molecule has 6 rings (SSSR count). The van der Waals surface area contributed by atoms with Crippen LogP contribution in [0.15, 0.2) is 89.8 Å². The molecule has 1 aliphatic rings. The van der Waals surface area contributed by atoms with Crippen LogP contribution >= 0.6 is 11.6 Å². The Balaban J connectivity index is 1.29. The van der Waals surface area contributed by atoms with E-state index in [1.54, 1.807) is 36.4 Å². The first-order valence-corrected chi connectivity index (χ1v) is 14.8. The SMILES string of the molecule is CN1CCN(CCOc2ccc(-c3ccc4c(c3)c3ccc(Cl)nc3n4S(=O)(=O)c3ccccc3)cc2)CC1. The predicted octanol–water partition coefficient (Wildman–Crippen LogP) is 5.37. The van der Waals surface area contributed by atoms with Crippen LogP contribution < -0.4 is 4.74 Å². The molecule has 0 saturated carbocycles. The molecule has 1 aliphatic heterocycles. The quantitative estimate of drug-likeness (QED) is 0.249. The Kier molecular flexibility index (Phi) is 7.03. The second-order valence-electron chi connectivity index (χ2n) is 9.84. The van der Waals surface area contributed by atoms with Crippen molar-refractivity contribution in [3.8, 4) is 16.9 Å². The third-order valence-corrected chi connectivity index (χ3v) is 9.21. The molecule has 3 aromatic carbocycles. The molecule has 0 amide bonds. The molecule has 0 unspecified atom stereocenters. The van der Waals surface area contributed by atoms with Gasteiger partial charge in [-0.15, -0.1) is 0 Å². The zero-order valence-corrected chi connectivity index (χ0v) is 23.2. The van der Waals surface area contributed by atoms with Gasteiger partial charge in [-0.25, -0.2) is 17.4 Å². The number of fused-ring (bicyclic) bond motifs is 3. The molecule has 7 nitrogen and oxygen atoms in total. The highest BCUT2D eigenvalue weighted by Gasteiger charge is 2.24. The van der Waals surface area contributed by atoms with E-state index in [1.807, 2.05) is 48.5 Å². The lowest BCUT2D eigenvalue weighted by Crippen LogP contribution is -2.45. The zero-order valence-electron chi connectivity index (χ0n) is 21.6. The molecule has 2 aromatic heterocycles. The lowest BCUT2D eigenvalue weighted by molar-refractivity contribution is 0.134. The van der Waals surface area contributed by atoms with E-state index in [2.05, 4.69) is 21.8 Å².